The summed E-state index contributed by atoms with van der Waals surface area (Å²) in [4.78, 5) is 30.3. The topological polar surface area (TPSA) is 64.1 Å². The summed E-state index contributed by atoms with van der Waals surface area (Å²) in [7, 11) is 2.09. The van der Waals surface area contributed by atoms with Crippen molar-refractivity contribution in [2.45, 2.75) is 45.6 Å². The first kappa shape index (κ1) is 19.2. The van der Waals surface area contributed by atoms with E-state index in [1.54, 1.807) is 0 Å². The van der Waals surface area contributed by atoms with E-state index >= 15 is 0 Å². The molecule has 1 atom stereocenters. The Morgan fingerprint density at radius 3 is 2.12 bits per heavy atom. The minimum absolute atomic E-state index is 0.276. The zero-order valence-corrected chi connectivity index (χ0v) is 15.4. The third kappa shape index (κ3) is 5.45. The molecule has 0 radical (unpaired) electrons. The molecular formula is C18H33N3O3. The number of carboxylic acid groups (broad SMARTS) is 1. The van der Waals surface area contributed by atoms with E-state index in [0.717, 1.165) is 52.1 Å². The van der Waals surface area contributed by atoms with Gasteiger partial charge in [0.25, 0.3) is 0 Å². The number of amides is 1. The van der Waals surface area contributed by atoms with Crippen LogP contribution in [0.3, 0.4) is 0 Å². The van der Waals surface area contributed by atoms with Gasteiger partial charge in [0.2, 0.25) is 5.91 Å². The second kappa shape index (κ2) is 8.81. The number of carbonyl (C=O) groups excluding carboxylic acids is 1. The van der Waals surface area contributed by atoms with E-state index in [0.29, 0.717) is 24.7 Å². The van der Waals surface area contributed by atoms with Crippen molar-refractivity contribution in [1.29, 1.82) is 0 Å². The first-order chi connectivity index (χ1) is 11.4. The predicted molar refractivity (Wildman–Crippen MR) is 93.9 cm³/mol. The number of hydrogen-bond donors (Lipinski definition) is 1. The number of likely N-dealkylation sites (N-methyl/N-ethyl adjacent to an activating group) is 1. The summed E-state index contributed by atoms with van der Waals surface area (Å²) in [5.41, 5.74) is 0. The molecule has 0 aromatic heterocycles. The summed E-state index contributed by atoms with van der Waals surface area (Å²) in [6.07, 6.45) is 3.18. The number of carboxylic acids is 1. The zero-order valence-electron chi connectivity index (χ0n) is 15.4. The van der Waals surface area contributed by atoms with Crippen molar-refractivity contribution in [2.75, 3.05) is 46.3 Å². The lowest BCUT2D eigenvalue weighted by Gasteiger charge is -2.37. The third-order valence-electron chi connectivity index (χ3n) is 5.39. The second-order valence-electron chi connectivity index (χ2n) is 7.85. The molecule has 2 rings (SSSR count). The molecule has 2 aliphatic rings. The van der Waals surface area contributed by atoms with Crippen LogP contribution in [0.4, 0.5) is 0 Å². The molecule has 24 heavy (non-hydrogen) atoms. The Hall–Kier alpha value is -1.14. The Balaban J connectivity index is 1.77. The van der Waals surface area contributed by atoms with Crippen molar-refractivity contribution in [3.8, 4) is 0 Å². The smallest absolute Gasteiger partial charge is 0.320 e. The van der Waals surface area contributed by atoms with Crippen LogP contribution in [0, 0.1) is 11.8 Å². The molecule has 6 heteroatoms. The van der Waals surface area contributed by atoms with Gasteiger partial charge in [-0.3, -0.25) is 14.5 Å². The fourth-order valence-corrected chi connectivity index (χ4v) is 3.75. The van der Waals surface area contributed by atoms with Crippen molar-refractivity contribution in [3.63, 3.8) is 0 Å². The Labute approximate surface area is 145 Å². The maximum absolute atomic E-state index is 12.4. The van der Waals surface area contributed by atoms with Crippen LogP contribution < -0.4 is 0 Å². The van der Waals surface area contributed by atoms with Gasteiger partial charge in [-0.15, -0.1) is 0 Å². The molecule has 0 aromatic carbocycles. The molecule has 0 aliphatic carbocycles. The van der Waals surface area contributed by atoms with Gasteiger partial charge < -0.3 is 14.9 Å². The second-order valence-corrected chi connectivity index (χ2v) is 7.85. The van der Waals surface area contributed by atoms with E-state index in [2.05, 4.69) is 30.7 Å². The molecular weight excluding hydrogens is 306 g/mol. The van der Waals surface area contributed by atoms with Crippen LogP contribution >= 0.6 is 0 Å². The van der Waals surface area contributed by atoms with Crippen LogP contribution in [-0.4, -0.2) is 84.0 Å². The van der Waals surface area contributed by atoms with E-state index < -0.39 is 5.97 Å². The number of piperidine rings is 1. The average molecular weight is 339 g/mol. The molecule has 6 nitrogen and oxygen atoms in total. The first-order valence-electron chi connectivity index (χ1n) is 9.30. The highest BCUT2D eigenvalue weighted by Crippen LogP contribution is 2.25. The Bertz CT molecular complexity index is 425. The van der Waals surface area contributed by atoms with Gasteiger partial charge in [-0.05, 0) is 51.2 Å². The van der Waals surface area contributed by atoms with Crippen LogP contribution in [0.15, 0.2) is 0 Å². The Kier molecular flexibility index (Phi) is 7.04. The highest BCUT2D eigenvalue weighted by Gasteiger charge is 2.31. The van der Waals surface area contributed by atoms with Crippen molar-refractivity contribution < 1.29 is 14.7 Å². The van der Waals surface area contributed by atoms with Crippen molar-refractivity contribution >= 4 is 11.9 Å². The summed E-state index contributed by atoms with van der Waals surface area (Å²) in [5, 5.41) is 9.47. The van der Waals surface area contributed by atoms with E-state index in [1.807, 2.05) is 4.90 Å². The summed E-state index contributed by atoms with van der Waals surface area (Å²) < 4.78 is 0. The number of piperazine rings is 1. The van der Waals surface area contributed by atoms with Gasteiger partial charge in [0.1, 0.15) is 6.04 Å². The van der Waals surface area contributed by atoms with Crippen molar-refractivity contribution in [3.05, 3.63) is 0 Å². The summed E-state index contributed by atoms with van der Waals surface area (Å²) in [6.45, 7) is 9.32. The normalized spacial score (nSPS) is 22.8. The van der Waals surface area contributed by atoms with Gasteiger partial charge >= 0.3 is 5.97 Å². The van der Waals surface area contributed by atoms with Crippen LogP contribution in [0.1, 0.15) is 39.5 Å². The lowest BCUT2D eigenvalue weighted by molar-refractivity contribution is -0.145. The Morgan fingerprint density at radius 1 is 1.04 bits per heavy atom. The minimum Gasteiger partial charge on any atom is -0.480 e. The molecule has 0 aromatic rings. The van der Waals surface area contributed by atoms with Crippen LogP contribution in [-0.2, 0) is 9.59 Å². The lowest BCUT2D eigenvalue weighted by atomic mass is 9.91. The van der Waals surface area contributed by atoms with E-state index in [-0.39, 0.29) is 11.9 Å². The number of likely N-dealkylation sites (tertiary alicyclic amines) is 1. The fraction of sp³-hybridized carbons (Fsp3) is 0.889. The standard InChI is InChI=1S/C18H33N3O3/c1-14(2)12-16(18(23)24)20-6-4-15(5-7-20)13-17(22)21-10-8-19(3)9-11-21/h14-16H,4-13H2,1-3H3,(H,23,24). The largest absolute Gasteiger partial charge is 0.480 e. The van der Waals surface area contributed by atoms with Gasteiger partial charge in [-0.25, -0.2) is 0 Å². The van der Waals surface area contributed by atoms with Gasteiger partial charge in [0, 0.05) is 32.6 Å². The summed E-state index contributed by atoms with van der Waals surface area (Å²) in [5.74, 6) is 0.346. The average Bonchev–Trinajstić information content (AvgIpc) is 2.53. The quantitative estimate of drug-likeness (QED) is 0.792. The molecule has 2 saturated heterocycles. The van der Waals surface area contributed by atoms with Gasteiger partial charge in [0.15, 0.2) is 0 Å². The number of rotatable bonds is 6. The Morgan fingerprint density at radius 2 is 1.62 bits per heavy atom. The monoisotopic (exact) mass is 339 g/mol. The van der Waals surface area contributed by atoms with E-state index in [1.165, 1.54) is 0 Å². The highest BCUT2D eigenvalue weighted by atomic mass is 16.4. The molecule has 138 valence electrons. The fourth-order valence-electron chi connectivity index (χ4n) is 3.75. The maximum Gasteiger partial charge on any atom is 0.320 e. The van der Waals surface area contributed by atoms with E-state index in [4.69, 9.17) is 0 Å². The predicted octanol–water partition coefficient (Wildman–Crippen LogP) is 1.36. The van der Waals surface area contributed by atoms with Crippen LogP contribution in [0.2, 0.25) is 0 Å². The van der Waals surface area contributed by atoms with Crippen molar-refractivity contribution in [2.24, 2.45) is 11.8 Å². The van der Waals surface area contributed by atoms with Crippen molar-refractivity contribution in [1.82, 2.24) is 14.7 Å². The van der Waals surface area contributed by atoms with Gasteiger partial charge in [0.05, 0.1) is 0 Å². The van der Waals surface area contributed by atoms with Crippen LogP contribution in [0.25, 0.3) is 0 Å². The number of nitrogens with zero attached hydrogens (tertiary/aromatic N) is 3. The molecule has 0 saturated carbocycles. The minimum atomic E-state index is -0.712. The van der Waals surface area contributed by atoms with E-state index in [9.17, 15) is 14.7 Å². The zero-order chi connectivity index (χ0) is 17.7. The summed E-state index contributed by atoms with van der Waals surface area (Å²) in [6, 6.07) is -0.376. The highest BCUT2D eigenvalue weighted by molar-refractivity contribution is 5.76. The SMILES string of the molecule is CC(C)CC(C(=O)O)N1CCC(CC(=O)N2CCN(C)CC2)CC1. The molecule has 2 heterocycles. The number of hydrogen-bond acceptors (Lipinski definition) is 4. The molecule has 1 unspecified atom stereocenters. The lowest BCUT2D eigenvalue weighted by Crippen LogP contribution is -2.49. The molecule has 0 spiro atoms. The molecule has 2 fully saturated rings. The molecule has 1 N–H and O–H groups in total. The molecule has 0 bridgehead atoms. The van der Waals surface area contributed by atoms with Gasteiger partial charge in [-0.1, -0.05) is 13.8 Å². The maximum atomic E-state index is 12.4. The number of carbonyl (C=O) groups is 2. The third-order valence-corrected chi connectivity index (χ3v) is 5.39. The first-order valence-corrected chi connectivity index (χ1v) is 9.30. The van der Waals surface area contributed by atoms with Gasteiger partial charge in [-0.2, -0.15) is 0 Å². The van der Waals surface area contributed by atoms with Crippen LogP contribution in [0.5, 0.6) is 0 Å². The molecule has 2 aliphatic heterocycles. The number of aliphatic carboxylic acids is 1. The molecule has 1 amide bonds. The summed E-state index contributed by atoms with van der Waals surface area (Å²) >= 11 is 0.